The van der Waals surface area contributed by atoms with Crippen LogP contribution in [0.15, 0.2) is 41.1 Å². The first-order valence-electron chi connectivity index (χ1n) is 7.26. The average Bonchev–Trinajstić information content (AvgIpc) is 3.28. The average molecular weight is 347 g/mol. The van der Waals surface area contributed by atoms with Crippen molar-refractivity contribution in [2.45, 2.75) is 39.0 Å². The quantitative estimate of drug-likeness (QED) is 0.858. The zero-order chi connectivity index (χ0) is 14.7. The van der Waals surface area contributed by atoms with Crippen molar-refractivity contribution in [2.75, 3.05) is 0 Å². The van der Waals surface area contributed by atoms with Crippen molar-refractivity contribution in [1.29, 1.82) is 0 Å². The van der Waals surface area contributed by atoms with Gasteiger partial charge in [0.1, 0.15) is 12.4 Å². The fraction of sp³-hybridized carbons (Fsp3) is 0.353. The molecule has 110 valence electrons. The summed E-state index contributed by atoms with van der Waals surface area (Å²) in [6, 6.07) is 8.98. The van der Waals surface area contributed by atoms with E-state index < -0.39 is 0 Å². The van der Waals surface area contributed by atoms with Crippen LogP contribution >= 0.6 is 15.9 Å². The lowest BCUT2D eigenvalue weighted by Crippen LogP contribution is -2.16. The summed E-state index contributed by atoms with van der Waals surface area (Å²) in [6.07, 6.45) is 6.29. The summed E-state index contributed by atoms with van der Waals surface area (Å²) in [4.78, 5) is 4.21. The molecule has 0 aliphatic heterocycles. The highest BCUT2D eigenvalue weighted by Gasteiger charge is 2.21. The molecule has 2 aromatic rings. The molecule has 1 heterocycles. The van der Waals surface area contributed by atoms with Crippen molar-refractivity contribution >= 4 is 15.9 Å². The van der Waals surface area contributed by atoms with Gasteiger partial charge in [-0.2, -0.15) is 0 Å². The van der Waals surface area contributed by atoms with E-state index in [0.717, 1.165) is 27.9 Å². The number of aryl methyl sites for hydroxylation is 1. The van der Waals surface area contributed by atoms with Crippen LogP contribution in [0.5, 0.6) is 5.75 Å². The minimum Gasteiger partial charge on any atom is -0.487 e. The minimum atomic E-state index is 0.535. The van der Waals surface area contributed by atoms with Crippen molar-refractivity contribution in [3.05, 3.63) is 57.8 Å². The van der Waals surface area contributed by atoms with Crippen molar-refractivity contribution in [1.82, 2.24) is 10.3 Å². The van der Waals surface area contributed by atoms with Crippen molar-refractivity contribution in [3.63, 3.8) is 0 Å². The van der Waals surface area contributed by atoms with Crippen LogP contribution in [0.4, 0.5) is 0 Å². The first kappa shape index (κ1) is 14.5. The van der Waals surface area contributed by atoms with E-state index in [4.69, 9.17) is 4.74 Å². The van der Waals surface area contributed by atoms with Crippen molar-refractivity contribution in [3.8, 4) is 5.75 Å². The highest BCUT2D eigenvalue weighted by molar-refractivity contribution is 9.10. The van der Waals surface area contributed by atoms with Gasteiger partial charge in [-0.15, -0.1) is 0 Å². The molecule has 3 nitrogen and oxygen atoms in total. The third-order valence-electron chi connectivity index (χ3n) is 3.52. The van der Waals surface area contributed by atoms with Gasteiger partial charge >= 0.3 is 0 Å². The van der Waals surface area contributed by atoms with Gasteiger partial charge in [0, 0.05) is 36.1 Å². The second-order valence-electron chi connectivity index (χ2n) is 5.54. The van der Waals surface area contributed by atoms with Crippen LogP contribution in [-0.2, 0) is 13.2 Å². The Hall–Kier alpha value is -1.39. The summed E-state index contributed by atoms with van der Waals surface area (Å²) < 4.78 is 7.03. The SMILES string of the molecule is Cc1cncc(COc2c(Br)cccc2CNC2CC2)c1. The number of hydrogen-bond acceptors (Lipinski definition) is 3. The molecule has 1 aromatic heterocycles. The van der Waals surface area contributed by atoms with Crippen LogP contribution in [0.3, 0.4) is 0 Å². The number of pyridine rings is 1. The van der Waals surface area contributed by atoms with Crippen LogP contribution in [0, 0.1) is 6.92 Å². The Morgan fingerprint density at radius 2 is 2.19 bits per heavy atom. The van der Waals surface area contributed by atoms with E-state index in [1.165, 1.54) is 18.4 Å². The molecule has 0 atom stereocenters. The number of para-hydroxylation sites is 1. The van der Waals surface area contributed by atoms with E-state index in [9.17, 15) is 0 Å². The molecule has 0 spiro atoms. The Morgan fingerprint density at radius 3 is 2.95 bits per heavy atom. The molecule has 0 radical (unpaired) electrons. The van der Waals surface area contributed by atoms with Crippen LogP contribution in [0.2, 0.25) is 0 Å². The summed E-state index contributed by atoms with van der Waals surface area (Å²) in [5.41, 5.74) is 3.43. The molecule has 0 bridgehead atoms. The maximum atomic E-state index is 6.03. The summed E-state index contributed by atoms with van der Waals surface area (Å²) in [7, 11) is 0. The molecule has 1 aromatic carbocycles. The van der Waals surface area contributed by atoms with Crippen molar-refractivity contribution < 1.29 is 4.74 Å². The number of ether oxygens (including phenoxy) is 1. The number of nitrogens with one attached hydrogen (secondary N) is 1. The number of rotatable bonds is 6. The van der Waals surface area contributed by atoms with Crippen LogP contribution in [0.1, 0.15) is 29.5 Å². The van der Waals surface area contributed by atoms with Gasteiger partial charge in [0.05, 0.1) is 4.47 Å². The van der Waals surface area contributed by atoms with Gasteiger partial charge in [-0.1, -0.05) is 12.1 Å². The van der Waals surface area contributed by atoms with E-state index in [1.807, 2.05) is 25.4 Å². The van der Waals surface area contributed by atoms with Crippen LogP contribution in [-0.4, -0.2) is 11.0 Å². The highest BCUT2D eigenvalue weighted by Crippen LogP contribution is 2.30. The van der Waals surface area contributed by atoms with Crippen molar-refractivity contribution in [2.24, 2.45) is 0 Å². The van der Waals surface area contributed by atoms with Gasteiger partial charge < -0.3 is 10.1 Å². The van der Waals surface area contributed by atoms with Gasteiger partial charge in [-0.05, 0) is 53.4 Å². The second-order valence-corrected chi connectivity index (χ2v) is 6.40. The predicted octanol–water partition coefficient (Wildman–Crippen LogP) is 3.98. The van der Waals surface area contributed by atoms with Gasteiger partial charge in [0.25, 0.3) is 0 Å². The maximum absolute atomic E-state index is 6.03. The fourth-order valence-corrected chi connectivity index (χ4v) is 2.77. The summed E-state index contributed by atoms with van der Waals surface area (Å²) in [5.74, 6) is 0.923. The zero-order valence-corrected chi connectivity index (χ0v) is 13.7. The number of aromatic nitrogens is 1. The molecular formula is C17H19BrN2O. The molecule has 3 rings (SSSR count). The Kier molecular flexibility index (Phi) is 4.56. The van der Waals surface area contributed by atoms with E-state index in [2.05, 4.69) is 44.4 Å². The molecule has 1 aliphatic rings. The first-order valence-corrected chi connectivity index (χ1v) is 8.06. The lowest BCUT2D eigenvalue weighted by molar-refractivity contribution is 0.299. The smallest absolute Gasteiger partial charge is 0.138 e. The van der Waals surface area contributed by atoms with Gasteiger partial charge in [0.2, 0.25) is 0 Å². The van der Waals surface area contributed by atoms with E-state index in [1.54, 1.807) is 0 Å². The number of benzene rings is 1. The fourth-order valence-electron chi connectivity index (χ4n) is 2.25. The molecule has 0 unspecified atom stereocenters. The first-order chi connectivity index (χ1) is 10.2. The highest BCUT2D eigenvalue weighted by atomic mass is 79.9. The molecule has 21 heavy (non-hydrogen) atoms. The predicted molar refractivity (Wildman–Crippen MR) is 87.3 cm³/mol. The Labute approximate surface area is 133 Å². The topological polar surface area (TPSA) is 34.1 Å². The van der Waals surface area contributed by atoms with Crippen LogP contribution in [0.25, 0.3) is 0 Å². The molecule has 0 saturated heterocycles. The van der Waals surface area contributed by atoms with E-state index in [-0.39, 0.29) is 0 Å². The van der Waals surface area contributed by atoms with Gasteiger partial charge in [-0.3, -0.25) is 4.98 Å². The Morgan fingerprint density at radius 1 is 1.33 bits per heavy atom. The van der Waals surface area contributed by atoms with E-state index >= 15 is 0 Å². The molecule has 1 fully saturated rings. The van der Waals surface area contributed by atoms with Crippen LogP contribution < -0.4 is 10.1 Å². The number of hydrogen-bond donors (Lipinski definition) is 1. The molecular weight excluding hydrogens is 328 g/mol. The summed E-state index contributed by atoms with van der Waals surface area (Å²) in [6.45, 7) is 3.43. The Bertz CT molecular complexity index is 626. The summed E-state index contributed by atoms with van der Waals surface area (Å²) in [5, 5.41) is 3.53. The third kappa shape index (κ3) is 4.05. The second kappa shape index (κ2) is 6.58. The molecule has 1 aliphatic carbocycles. The monoisotopic (exact) mass is 346 g/mol. The number of nitrogens with zero attached hydrogens (tertiary/aromatic N) is 1. The lowest BCUT2D eigenvalue weighted by Gasteiger charge is -2.14. The largest absolute Gasteiger partial charge is 0.487 e. The Balaban J connectivity index is 1.70. The molecule has 1 N–H and O–H groups in total. The molecule has 0 amide bonds. The van der Waals surface area contributed by atoms with Gasteiger partial charge in [-0.25, -0.2) is 0 Å². The minimum absolute atomic E-state index is 0.535. The zero-order valence-electron chi connectivity index (χ0n) is 12.1. The number of halogens is 1. The van der Waals surface area contributed by atoms with E-state index in [0.29, 0.717) is 12.6 Å². The third-order valence-corrected chi connectivity index (χ3v) is 4.15. The lowest BCUT2D eigenvalue weighted by atomic mass is 10.2. The van der Waals surface area contributed by atoms with Gasteiger partial charge in [0.15, 0.2) is 0 Å². The molecule has 4 heteroatoms. The normalized spacial score (nSPS) is 14.2. The maximum Gasteiger partial charge on any atom is 0.138 e. The summed E-state index contributed by atoms with van der Waals surface area (Å²) >= 11 is 3.59. The standard InChI is InChI=1S/C17H19BrN2O/c1-12-7-13(9-19-8-12)11-21-17-14(3-2-4-16(17)18)10-20-15-5-6-15/h2-4,7-9,15,20H,5-6,10-11H2,1H3. The molecule has 1 saturated carbocycles.